The molecule has 0 aromatic heterocycles. The average Bonchev–Trinajstić information content (AvgIpc) is 2.62. The smallest absolute Gasteiger partial charge is 0.404 e. The fraction of sp³-hybridized carbons (Fsp3) is 0.263. The molecule has 7 heteroatoms. The number of ether oxygens (including phenoxy) is 1. The molecule has 0 aliphatic heterocycles. The Morgan fingerprint density at radius 2 is 1.85 bits per heavy atom. The van der Waals surface area contributed by atoms with Crippen LogP contribution in [0.5, 0.6) is 5.75 Å². The lowest BCUT2D eigenvalue weighted by atomic mass is 10.1. The Morgan fingerprint density at radius 1 is 1.15 bits per heavy atom. The van der Waals surface area contributed by atoms with E-state index in [2.05, 4.69) is 21.2 Å². The van der Waals surface area contributed by atoms with Crippen molar-refractivity contribution in [3.63, 3.8) is 0 Å². The molecule has 6 nitrogen and oxygen atoms in total. The molecule has 0 unspecified atom stereocenters. The quantitative estimate of drug-likeness (QED) is 0.607. The largest absolute Gasteiger partial charge is 0.497 e. The third-order valence-corrected chi connectivity index (χ3v) is 4.50. The van der Waals surface area contributed by atoms with E-state index in [9.17, 15) is 9.59 Å². The Hall–Kier alpha value is -2.38. The van der Waals surface area contributed by atoms with E-state index in [1.807, 2.05) is 47.4 Å². The number of benzene rings is 2. The summed E-state index contributed by atoms with van der Waals surface area (Å²) in [6, 6.07) is 14.8. The van der Waals surface area contributed by atoms with Gasteiger partial charge in [-0.25, -0.2) is 4.79 Å². The van der Waals surface area contributed by atoms with Gasteiger partial charge in [0.2, 0.25) is 0 Å². The Bertz CT molecular complexity index is 749. The highest BCUT2D eigenvalue weighted by Crippen LogP contribution is 2.18. The predicted octanol–water partition coefficient (Wildman–Crippen LogP) is 3.41. The number of carbonyl (C=O) groups excluding carboxylic acids is 1. The van der Waals surface area contributed by atoms with Crippen LogP contribution < -0.4 is 10.1 Å². The van der Waals surface area contributed by atoms with Gasteiger partial charge in [0.15, 0.2) is 5.78 Å². The van der Waals surface area contributed by atoms with Crippen molar-refractivity contribution in [2.24, 2.45) is 0 Å². The van der Waals surface area contributed by atoms with Crippen LogP contribution in [-0.4, -0.2) is 48.6 Å². The van der Waals surface area contributed by atoms with Gasteiger partial charge in [-0.3, -0.25) is 9.69 Å². The highest BCUT2D eigenvalue weighted by molar-refractivity contribution is 9.10. The van der Waals surface area contributed by atoms with Crippen LogP contribution in [0.15, 0.2) is 53.0 Å². The van der Waals surface area contributed by atoms with E-state index in [1.165, 1.54) is 0 Å². The molecule has 2 aromatic carbocycles. The highest BCUT2D eigenvalue weighted by atomic mass is 79.9. The zero-order chi connectivity index (χ0) is 18.9. The van der Waals surface area contributed by atoms with E-state index in [0.29, 0.717) is 18.7 Å². The van der Waals surface area contributed by atoms with Crippen molar-refractivity contribution in [1.82, 2.24) is 10.2 Å². The van der Waals surface area contributed by atoms with E-state index in [4.69, 9.17) is 9.84 Å². The van der Waals surface area contributed by atoms with E-state index < -0.39 is 6.09 Å². The molecule has 0 atom stereocenters. The Kier molecular flexibility index (Phi) is 7.62. The van der Waals surface area contributed by atoms with Crippen molar-refractivity contribution in [2.45, 2.75) is 6.54 Å². The van der Waals surface area contributed by atoms with Gasteiger partial charge in [0.1, 0.15) is 5.75 Å². The molecule has 26 heavy (non-hydrogen) atoms. The van der Waals surface area contributed by atoms with Crippen LogP contribution in [-0.2, 0) is 6.54 Å². The monoisotopic (exact) mass is 420 g/mol. The number of nitrogens with zero attached hydrogens (tertiary/aromatic N) is 1. The van der Waals surface area contributed by atoms with Gasteiger partial charge < -0.3 is 15.2 Å². The average molecular weight is 421 g/mol. The number of carbonyl (C=O) groups is 2. The van der Waals surface area contributed by atoms with Gasteiger partial charge in [0.25, 0.3) is 0 Å². The third kappa shape index (κ3) is 6.16. The summed E-state index contributed by atoms with van der Waals surface area (Å²) in [6.45, 7) is 1.39. The topological polar surface area (TPSA) is 78.9 Å². The number of methoxy groups -OCH3 is 1. The molecule has 2 aromatic rings. The van der Waals surface area contributed by atoms with Crippen LogP contribution in [0, 0.1) is 0 Å². The van der Waals surface area contributed by atoms with Gasteiger partial charge in [0, 0.05) is 29.7 Å². The lowest BCUT2D eigenvalue weighted by Gasteiger charge is -2.22. The molecular formula is C19H21BrN2O4. The van der Waals surface area contributed by atoms with Crippen molar-refractivity contribution in [2.75, 3.05) is 26.7 Å². The molecule has 0 fully saturated rings. The Morgan fingerprint density at radius 3 is 2.46 bits per heavy atom. The summed E-state index contributed by atoms with van der Waals surface area (Å²) in [5.74, 6) is 0.735. The lowest BCUT2D eigenvalue weighted by molar-refractivity contribution is 0.0926. The molecule has 0 bridgehead atoms. The van der Waals surface area contributed by atoms with Crippen molar-refractivity contribution < 1.29 is 19.4 Å². The first-order valence-corrected chi connectivity index (χ1v) is 8.88. The van der Waals surface area contributed by atoms with Gasteiger partial charge in [-0.2, -0.15) is 0 Å². The van der Waals surface area contributed by atoms with E-state index in [1.54, 1.807) is 13.2 Å². The van der Waals surface area contributed by atoms with E-state index in [0.717, 1.165) is 15.8 Å². The summed E-state index contributed by atoms with van der Waals surface area (Å²) in [4.78, 5) is 25.2. The second-order valence-electron chi connectivity index (χ2n) is 5.69. The summed E-state index contributed by atoms with van der Waals surface area (Å²) in [5.41, 5.74) is 1.62. The summed E-state index contributed by atoms with van der Waals surface area (Å²) < 4.78 is 5.90. The fourth-order valence-corrected chi connectivity index (χ4v) is 3.01. The third-order valence-electron chi connectivity index (χ3n) is 3.81. The van der Waals surface area contributed by atoms with Crippen LogP contribution in [0.25, 0.3) is 0 Å². The number of halogens is 1. The molecule has 138 valence electrons. The van der Waals surface area contributed by atoms with E-state index >= 15 is 0 Å². The van der Waals surface area contributed by atoms with Crippen LogP contribution in [0.1, 0.15) is 15.9 Å². The number of nitrogens with one attached hydrogen (secondary N) is 1. The summed E-state index contributed by atoms with van der Waals surface area (Å²) in [5, 5.41) is 11.1. The maximum atomic E-state index is 12.6. The van der Waals surface area contributed by atoms with Gasteiger partial charge >= 0.3 is 6.09 Å². The number of ketones is 1. The van der Waals surface area contributed by atoms with E-state index in [-0.39, 0.29) is 18.9 Å². The number of rotatable bonds is 9. The SMILES string of the molecule is COc1ccc(CN(CCNC(=O)O)CC(=O)c2ccccc2Br)cc1. The van der Waals surface area contributed by atoms with Gasteiger partial charge in [-0.15, -0.1) is 0 Å². The molecule has 0 aliphatic rings. The zero-order valence-corrected chi connectivity index (χ0v) is 16.0. The molecule has 1 amide bonds. The number of carboxylic acid groups (broad SMARTS) is 1. The molecule has 0 heterocycles. The van der Waals surface area contributed by atoms with Gasteiger partial charge in [-0.1, -0.05) is 46.3 Å². The fourth-order valence-electron chi connectivity index (χ4n) is 2.50. The zero-order valence-electron chi connectivity index (χ0n) is 14.4. The van der Waals surface area contributed by atoms with Crippen molar-refractivity contribution in [3.8, 4) is 5.75 Å². The van der Waals surface area contributed by atoms with Crippen molar-refractivity contribution in [3.05, 3.63) is 64.1 Å². The van der Waals surface area contributed by atoms with Gasteiger partial charge in [0.05, 0.1) is 13.7 Å². The number of hydrogen-bond donors (Lipinski definition) is 2. The van der Waals surface area contributed by atoms with Crippen LogP contribution in [0.2, 0.25) is 0 Å². The lowest BCUT2D eigenvalue weighted by Crippen LogP contribution is -2.37. The minimum absolute atomic E-state index is 0.0266. The van der Waals surface area contributed by atoms with Crippen LogP contribution in [0.3, 0.4) is 0 Å². The summed E-state index contributed by atoms with van der Waals surface area (Å²) in [6.07, 6.45) is -1.08. The predicted molar refractivity (Wildman–Crippen MR) is 103 cm³/mol. The normalized spacial score (nSPS) is 10.6. The minimum Gasteiger partial charge on any atom is -0.497 e. The second kappa shape index (κ2) is 9.94. The first kappa shape index (κ1) is 19.9. The molecule has 2 rings (SSSR count). The standard InChI is InChI=1S/C19H21BrN2O4/c1-26-15-8-6-14(7-9-15)12-22(11-10-21-19(24)25)13-18(23)16-4-2-3-5-17(16)20/h2-9,21H,10-13H2,1H3,(H,24,25). The summed E-state index contributed by atoms with van der Waals surface area (Å²) in [7, 11) is 1.61. The second-order valence-corrected chi connectivity index (χ2v) is 6.55. The number of amides is 1. The number of hydrogen-bond acceptors (Lipinski definition) is 4. The maximum Gasteiger partial charge on any atom is 0.404 e. The summed E-state index contributed by atoms with van der Waals surface area (Å²) >= 11 is 3.40. The molecule has 0 aliphatic carbocycles. The molecule has 0 spiro atoms. The van der Waals surface area contributed by atoms with Gasteiger partial charge in [-0.05, 0) is 23.8 Å². The minimum atomic E-state index is -1.08. The first-order chi connectivity index (χ1) is 12.5. The van der Waals surface area contributed by atoms with Crippen molar-refractivity contribution >= 4 is 27.8 Å². The maximum absolute atomic E-state index is 12.6. The molecular weight excluding hydrogens is 400 g/mol. The Labute approximate surface area is 160 Å². The van der Waals surface area contributed by atoms with Crippen LogP contribution >= 0.6 is 15.9 Å². The molecule has 0 radical (unpaired) electrons. The first-order valence-electron chi connectivity index (χ1n) is 8.09. The van der Waals surface area contributed by atoms with Crippen molar-refractivity contribution in [1.29, 1.82) is 0 Å². The molecule has 0 saturated carbocycles. The Balaban J connectivity index is 2.07. The van der Waals surface area contributed by atoms with Crippen LogP contribution in [0.4, 0.5) is 4.79 Å². The molecule has 0 saturated heterocycles. The number of Topliss-reactive ketones (excluding diaryl/α,β-unsaturated/α-hetero) is 1. The highest BCUT2D eigenvalue weighted by Gasteiger charge is 2.15. The molecule has 2 N–H and O–H groups in total.